The third-order valence-corrected chi connectivity index (χ3v) is 5.71. The van der Waals surface area contributed by atoms with Crippen LogP contribution in [0.15, 0.2) is 60.8 Å². The Kier molecular flexibility index (Phi) is 5.22. The SMILES string of the molecule is Cc1cccc(N(C)c2nc(C)c(-c3ccnc(Nc4ccc(F)cc4)n3)s2)c1. The zero-order valence-electron chi connectivity index (χ0n) is 16.3. The molecule has 146 valence electrons. The van der Waals surface area contributed by atoms with Crippen molar-refractivity contribution >= 4 is 33.8 Å². The number of benzene rings is 2. The van der Waals surface area contributed by atoms with Crippen LogP contribution in [-0.4, -0.2) is 22.0 Å². The zero-order valence-corrected chi connectivity index (χ0v) is 17.2. The van der Waals surface area contributed by atoms with Crippen LogP contribution >= 0.6 is 11.3 Å². The highest BCUT2D eigenvalue weighted by atomic mass is 32.1. The van der Waals surface area contributed by atoms with E-state index in [0.717, 1.165) is 32.8 Å². The maximum atomic E-state index is 13.1. The molecule has 0 unspecified atom stereocenters. The molecule has 29 heavy (non-hydrogen) atoms. The number of halogens is 1. The predicted octanol–water partition coefficient (Wildman–Crippen LogP) is 5.87. The molecule has 0 radical (unpaired) electrons. The molecular weight excluding hydrogens is 385 g/mol. The Balaban J connectivity index is 1.61. The monoisotopic (exact) mass is 405 g/mol. The molecular formula is C22H20FN5S. The number of nitrogens with one attached hydrogen (secondary N) is 1. The lowest BCUT2D eigenvalue weighted by Crippen LogP contribution is -2.08. The van der Waals surface area contributed by atoms with E-state index in [9.17, 15) is 4.39 Å². The van der Waals surface area contributed by atoms with Gasteiger partial charge in [-0.15, -0.1) is 0 Å². The number of hydrogen-bond donors (Lipinski definition) is 1. The molecule has 7 heteroatoms. The second-order valence-electron chi connectivity index (χ2n) is 6.71. The van der Waals surface area contributed by atoms with Crippen LogP contribution in [0.5, 0.6) is 0 Å². The Morgan fingerprint density at radius 2 is 1.79 bits per heavy atom. The molecule has 2 aromatic heterocycles. The van der Waals surface area contributed by atoms with Gasteiger partial charge in [0.2, 0.25) is 5.95 Å². The van der Waals surface area contributed by atoms with Crippen molar-refractivity contribution < 1.29 is 4.39 Å². The van der Waals surface area contributed by atoms with Gasteiger partial charge in [0.1, 0.15) is 5.82 Å². The van der Waals surface area contributed by atoms with E-state index in [1.54, 1.807) is 29.7 Å². The zero-order chi connectivity index (χ0) is 20.4. The van der Waals surface area contributed by atoms with E-state index in [1.807, 2.05) is 26.1 Å². The summed E-state index contributed by atoms with van der Waals surface area (Å²) < 4.78 is 13.1. The second-order valence-corrected chi connectivity index (χ2v) is 7.68. The van der Waals surface area contributed by atoms with E-state index in [1.165, 1.54) is 17.7 Å². The fourth-order valence-corrected chi connectivity index (χ4v) is 3.94. The molecule has 0 atom stereocenters. The van der Waals surface area contributed by atoms with Crippen LogP contribution in [0, 0.1) is 19.7 Å². The number of thiazole rings is 1. The van der Waals surface area contributed by atoms with Gasteiger partial charge < -0.3 is 10.2 Å². The first kappa shape index (κ1) is 19.0. The van der Waals surface area contributed by atoms with Gasteiger partial charge in [-0.05, 0) is 61.9 Å². The van der Waals surface area contributed by atoms with E-state index in [-0.39, 0.29) is 5.82 Å². The van der Waals surface area contributed by atoms with Crippen LogP contribution in [0.3, 0.4) is 0 Å². The van der Waals surface area contributed by atoms with E-state index in [0.29, 0.717) is 5.95 Å². The highest BCUT2D eigenvalue weighted by Gasteiger charge is 2.15. The van der Waals surface area contributed by atoms with Crippen LogP contribution < -0.4 is 10.2 Å². The third kappa shape index (κ3) is 4.25. The second kappa shape index (κ2) is 7.97. The minimum atomic E-state index is -0.282. The Bertz CT molecular complexity index is 1140. The van der Waals surface area contributed by atoms with Crippen molar-refractivity contribution in [3.63, 3.8) is 0 Å². The fraction of sp³-hybridized carbons (Fsp3) is 0.136. The number of aryl methyl sites for hydroxylation is 2. The molecule has 5 nitrogen and oxygen atoms in total. The summed E-state index contributed by atoms with van der Waals surface area (Å²) in [6.45, 7) is 4.06. The van der Waals surface area contributed by atoms with E-state index < -0.39 is 0 Å². The molecule has 0 aliphatic heterocycles. The van der Waals surface area contributed by atoms with Crippen molar-refractivity contribution in [3.05, 3.63) is 77.9 Å². The normalized spacial score (nSPS) is 10.8. The standard InChI is InChI=1S/C22H20FN5S/c1-14-5-4-6-18(13-14)28(3)22-25-15(2)20(29-22)19-11-12-24-21(27-19)26-17-9-7-16(23)8-10-17/h4-13H,1-3H3,(H,24,26,27). The Hall–Kier alpha value is -3.32. The average molecular weight is 406 g/mol. The van der Waals surface area contributed by atoms with Gasteiger partial charge in [-0.25, -0.2) is 19.3 Å². The predicted molar refractivity (Wildman–Crippen MR) is 117 cm³/mol. The van der Waals surface area contributed by atoms with E-state index in [4.69, 9.17) is 4.98 Å². The summed E-state index contributed by atoms with van der Waals surface area (Å²) in [4.78, 5) is 16.7. The van der Waals surface area contributed by atoms with Crippen molar-refractivity contribution in [2.24, 2.45) is 0 Å². The summed E-state index contributed by atoms with van der Waals surface area (Å²) in [6.07, 6.45) is 1.71. The molecule has 0 bridgehead atoms. The van der Waals surface area contributed by atoms with Crippen LogP contribution in [0.1, 0.15) is 11.3 Å². The summed E-state index contributed by atoms with van der Waals surface area (Å²) in [6, 6.07) is 16.3. The van der Waals surface area contributed by atoms with Crippen molar-refractivity contribution in [1.82, 2.24) is 15.0 Å². The molecule has 0 saturated heterocycles. The molecule has 2 aromatic carbocycles. The molecule has 4 aromatic rings. The van der Waals surface area contributed by atoms with Gasteiger partial charge >= 0.3 is 0 Å². The molecule has 0 amide bonds. The first-order valence-corrected chi connectivity index (χ1v) is 9.95. The molecule has 1 N–H and O–H groups in total. The first-order chi connectivity index (χ1) is 14.0. The van der Waals surface area contributed by atoms with Crippen molar-refractivity contribution in [1.29, 1.82) is 0 Å². The third-order valence-electron chi connectivity index (χ3n) is 4.45. The van der Waals surface area contributed by atoms with Gasteiger partial charge in [-0.3, -0.25) is 0 Å². The molecule has 0 aliphatic carbocycles. The maximum Gasteiger partial charge on any atom is 0.227 e. The average Bonchev–Trinajstić information content (AvgIpc) is 3.11. The van der Waals surface area contributed by atoms with Gasteiger partial charge in [0.15, 0.2) is 5.13 Å². The highest BCUT2D eigenvalue weighted by Crippen LogP contribution is 2.36. The van der Waals surface area contributed by atoms with Crippen molar-refractivity contribution in [2.75, 3.05) is 17.3 Å². The lowest BCUT2D eigenvalue weighted by Gasteiger charge is -2.16. The lowest BCUT2D eigenvalue weighted by atomic mass is 10.2. The number of nitrogens with zero attached hydrogens (tertiary/aromatic N) is 4. The van der Waals surface area contributed by atoms with Crippen LogP contribution in [0.25, 0.3) is 10.6 Å². The highest BCUT2D eigenvalue weighted by molar-refractivity contribution is 7.19. The van der Waals surface area contributed by atoms with Crippen molar-refractivity contribution in [3.8, 4) is 10.6 Å². The summed E-state index contributed by atoms with van der Waals surface area (Å²) >= 11 is 1.59. The van der Waals surface area contributed by atoms with Gasteiger partial charge in [-0.1, -0.05) is 23.5 Å². The van der Waals surface area contributed by atoms with Gasteiger partial charge in [-0.2, -0.15) is 0 Å². The number of anilines is 4. The lowest BCUT2D eigenvalue weighted by molar-refractivity contribution is 0.628. The Morgan fingerprint density at radius 1 is 1.00 bits per heavy atom. The molecule has 0 saturated carbocycles. The Morgan fingerprint density at radius 3 is 2.55 bits per heavy atom. The number of hydrogen-bond acceptors (Lipinski definition) is 6. The van der Waals surface area contributed by atoms with Crippen LogP contribution in [-0.2, 0) is 0 Å². The largest absolute Gasteiger partial charge is 0.324 e. The van der Waals surface area contributed by atoms with Crippen LogP contribution in [0.4, 0.5) is 26.8 Å². The molecule has 0 spiro atoms. The minimum absolute atomic E-state index is 0.282. The smallest absolute Gasteiger partial charge is 0.227 e. The quantitative estimate of drug-likeness (QED) is 0.450. The van der Waals surface area contributed by atoms with Crippen LogP contribution in [0.2, 0.25) is 0 Å². The molecule has 4 rings (SSSR count). The summed E-state index contributed by atoms with van der Waals surface area (Å²) in [5.41, 5.74) is 4.73. The molecule has 2 heterocycles. The minimum Gasteiger partial charge on any atom is -0.324 e. The molecule has 0 fully saturated rings. The van der Waals surface area contributed by atoms with Gasteiger partial charge in [0, 0.05) is 24.6 Å². The number of rotatable bonds is 5. The number of aromatic nitrogens is 3. The van der Waals surface area contributed by atoms with Gasteiger partial charge in [0.05, 0.1) is 16.3 Å². The van der Waals surface area contributed by atoms with E-state index >= 15 is 0 Å². The summed E-state index contributed by atoms with van der Waals surface area (Å²) in [7, 11) is 2.01. The fourth-order valence-electron chi connectivity index (χ4n) is 2.92. The Labute approximate surface area is 172 Å². The van der Waals surface area contributed by atoms with Gasteiger partial charge in [0.25, 0.3) is 0 Å². The summed E-state index contributed by atoms with van der Waals surface area (Å²) in [5.74, 6) is 0.172. The summed E-state index contributed by atoms with van der Waals surface area (Å²) in [5, 5.41) is 4.01. The molecule has 0 aliphatic rings. The maximum absolute atomic E-state index is 13.1. The van der Waals surface area contributed by atoms with E-state index in [2.05, 4.69) is 45.3 Å². The topological polar surface area (TPSA) is 53.9 Å². The first-order valence-electron chi connectivity index (χ1n) is 9.13. The van der Waals surface area contributed by atoms with Crippen molar-refractivity contribution in [2.45, 2.75) is 13.8 Å².